The number of carbonyl (C=O) groups is 2. The highest BCUT2D eigenvalue weighted by Crippen LogP contribution is 2.37. The third-order valence-electron chi connectivity index (χ3n) is 6.37. The number of hydrogen-bond acceptors (Lipinski definition) is 6. The van der Waals surface area contributed by atoms with E-state index < -0.39 is 5.97 Å². The van der Waals surface area contributed by atoms with Crippen molar-refractivity contribution in [3.05, 3.63) is 95.8 Å². The zero-order valence-corrected chi connectivity index (χ0v) is 20.6. The van der Waals surface area contributed by atoms with Crippen LogP contribution >= 0.6 is 0 Å². The Morgan fingerprint density at radius 2 is 1.78 bits per heavy atom. The highest BCUT2D eigenvalue weighted by atomic mass is 16.5. The van der Waals surface area contributed by atoms with E-state index >= 15 is 0 Å². The Hall–Kier alpha value is -4.72. The molecule has 1 aliphatic heterocycles. The second kappa shape index (κ2) is 10.1. The van der Waals surface area contributed by atoms with Gasteiger partial charge in [-0.3, -0.25) is 4.79 Å². The Bertz CT molecular complexity index is 1470. The summed E-state index contributed by atoms with van der Waals surface area (Å²) in [5.41, 5.74) is 4.17. The second-order valence-electron chi connectivity index (χ2n) is 8.68. The highest BCUT2D eigenvalue weighted by molar-refractivity contribution is 6.12. The van der Waals surface area contributed by atoms with Crippen LogP contribution in [0.1, 0.15) is 33.2 Å². The van der Waals surface area contributed by atoms with E-state index in [1.165, 1.54) is 0 Å². The number of carboxylic acids is 1. The summed E-state index contributed by atoms with van der Waals surface area (Å²) in [5.74, 6) is 0.935. The fourth-order valence-corrected chi connectivity index (χ4v) is 4.42. The normalized spacial score (nSPS) is 12.5. The summed E-state index contributed by atoms with van der Waals surface area (Å²) in [6.45, 7) is 3.05. The standard InChI is InChI=1S/C29H26N4O4/c1-3-33-26-24(28(34)32(2)25-8-5-14-30-27(25)33)16-19(18-31-26)13-15-37-23-11-9-20(10-12-23)21-6-4-7-22(17-21)29(35)36/h4-12,14,16-18H,3,13,15H2,1-2H3,(H,35,36). The van der Waals surface area contributed by atoms with Crippen LogP contribution in [0.5, 0.6) is 5.75 Å². The maximum atomic E-state index is 13.3. The fraction of sp³-hybridized carbons (Fsp3) is 0.172. The molecule has 0 radical (unpaired) electrons. The predicted octanol–water partition coefficient (Wildman–Crippen LogP) is 5.21. The van der Waals surface area contributed by atoms with Crippen molar-refractivity contribution in [2.24, 2.45) is 0 Å². The van der Waals surface area contributed by atoms with Gasteiger partial charge in [0.2, 0.25) is 0 Å². The van der Waals surface area contributed by atoms with E-state index in [0.29, 0.717) is 42.5 Å². The van der Waals surface area contributed by atoms with Gasteiger partial charge in [-0.05, 0) is 66.1 Å². The van der Waals surface area contributed by atoms with Crippen LogP contribution < -0.4 is 14.5 Å². The number of ether oxygens (including phenoxy) is 1. The molecule has 186 valence electrons. The van der Waals surface area contributed by atoms with Crippen LogP contribution in [0.15, 0.2) is 79.1 Å². The molecule has 8 heteroatoms. The van der Waals surface area contributed by atoms with Crippen molar-refractivity contribution in [2.75, 3.05) is 30.0 Å². The summed E-state index contributed by atoms with van der Waals surface area (Å²) in [5, 5.41) is 9.21. The molecule has 2 aromatic heterocycles. The van der Waals surface area contributed by atoms with Gasteiger partial charge in [0, 0.05) is 32.4 Å². The number of pyridine rings is 2. The van der Waals surface area contributed by atoms with Crippen molar-refractivity contribution in [2.45, 2.75) is 13.3 Å². The van der Waals surface area contributed by atoms with E-state index in [2.05, 4.69) is 9.97 Å². The van der Waals surface area contributed by atoms with Crippen LogP contribution in [0.3, 0.4) is 0 Å². The molecule has 0 unspecified atom stereocenters. The van der Waals surface area contributed by atoms with Crippen molar-refractivity contribution < 1.29 is 19.4 Å². The molecule has 5 rings (SSSR count). The molecule has 0 atom stereocenters. The lowest BCUT2D eigenvalue weighted by Gasteiger charge is -2.22. The molecule has 0 aliphatic carbocycles. The van der Waals surface area contributed by atoms with Gasteiger partial charge in [0.05, 0.1) is 23.4 Å². The summed E-state index contributed by atoms with van der Waals surface area (Å²) >= 11 is 0. The van der Waals surface area contributed by atoms with E-state index in [1.54, 1.807) is 42.5 Å². The number of carboxylic acid groups (broad SMARTS) is 1. The largest absolute Gasteiger partial charge is 0.493 e. The minimum Gasteiger partial charge on any atom is -0.493 e. The fourth-order valence-electron chi connectivity index (χ4n) is 4.42. The molecule has 0 spiro atoms. The lowest BCUT2D eigenvalue weighted by atomic mass is 10.0. The average molecular weight is 495 g/mol. The predicted molar refractivity (Wildman–Crippen MR) is 142 cm³/mol. The molecule has 4 aromatic rings. The number of nitrogens with zero attached hydrogens (tertiary/aromatic N) is 4. The van der Waals surface area contributed by atoms with Gasteiger partial charge in [-0.25, -0.2) is 14.8 Å². The van der Waals surface area contributed by atoms with Gasteiger partial charge in [-0.2, -0.15) is 0 Å². The number of fused-ring (bicyclic) bond motifs is 2. The molecular weight excluding hydrogens is 468 g/mol. The summed E-state index contributed by atoms with van der Waals surface area (Å²) < 4.78 is 5.93. The van der Waals surface area contributed by atoms with Crippen LogP contribution in [-0.4, -0.2) is 47.2 Å². The number of aromatic carboxylic acids is 1. The Kier molecular flexibility index (Phi) is 6.55. The van der Waals surface area contributed by atoms with Crippen molar-refractivity contribution in [1.82, 2.24) is 9.97 Å². The number of anilines is 3. The molecule has 0 saturated heterocycles. The molecule has 37 heavy (non-hydrogen) atoms. The van der Waals surface area contributed by atoms with E-state index in [4.69, 9.17) is 4.74 Å². The zero-order chi connectivity index (χ0) is 25.9. The Balaban J connectivity index is 1.29. The summed E-state index contributed by atoms with van der Waals surface area (Å²) in [4.78, 5) is 37.2. The Morgan fingerprint density at radius 3 is 2.54 bits per heavy atom. The monoisotopic (exact) mass is 494 g/mol. The van der Waals surface area contributed by atoms with E-state index in [-0.39, 0.29) is 11.5 Å². The topological polar surface area (TPSA) is 95.9 Å². The van der Waals surface area contributed by atoms with E-state index in [1.807, 2.05) is 60.4 Å². The van der Waals surface area contributed by atoms with E-state index in [0.717, 1.165) is 22.4 Å². The van der Waals surface area contributed by atoms with Gasteiger partial charge in [0.25, 0.3) is 5.91 Å². The maximum absolute atomic E-state index is 13.3. The van der Waals surface area contributed by atoms with Gasteiger partial charge in [-0.1, -0.05) is 24.3 Å². The minimum absolute atomic E-state index is 0.127. The Morgan fingerprint density at radius 1 is 0.973 bits per heavy atom. The first-order chi connectivity index (χ1) is 18.0. The number of rotatable bonds is 7. The molecule has 0 fully saturated rings. The van der Waals surface area contributed by atoms with Crippen molar-refractivity contribution in [1.29, 1.82) is 0 Å². The van der Waals surface area contributed by atoms with Gasteiger partial charge in [0.15, 0.2) is 5.82 Å². The van der Waals surface area contributed by atoms with Crippen LogP contribution in [-0.2, 0) is 6.42 Å². The van der Waals surface area contributed by atoms with Gasteiger partial charge < -0.3 is 19.6 Å². The summed E-state index contributed by atoms with van der Waals surface area (Å²) in [6.07, 6.45) is 4.08. The van der Waals surface area contributed by atoms with Gasteiger partial charge >= 0.3 is 5.97 Å². The zero-order valence-electron chi connectivity index (χ0n) is 20.6. The smallest absolute Gasteiger partial charge is 0.335 e. The van der Waals surface area contributed by atoms with Crippen molar-refractivity contribution in [3.8, 4) is 16.9 Å². The van der Waals surface area contributed by atoms with Crippen LogP contribution in [0, 0.1) is 0 Å². The Labute approximate surface area is 214 Å². The number of benzene rings is 2. The van der Waals surface area contributed by atoms with Gasteiger partial charge in [0.1, 0.15) is 11.6 Å². The second-order valence-corrected chi connectivity index (χ2v) is 8.68. The molecule has 3 heterocycles. The SMILES string of the molecule is CCN1c2ncc(CCOc3ccc(-c4cccc(C(=O)O)c4)cc3)cc2C(=O)N(C)c2cccnc21. The average Bonchev–Trinajstić information content (AvgIpc) is 3.02. The maximum Gasteiger partial charge on any atom is 0.335 e. The number of amides is 1. The molecule has 1 N–H and O–H groups in total. The molecule has 8 nitrogen and oxygen atoms in total. The van der Waals surface area contributed by atoms with Crippen LogP contribution in [0.2, 0.25) is 0 Å². The molecule has 2 aromatic carbocycles. The lowest BCUT2D eigenvalue weighted by molar-refractivity contribution is 0.0696. The van der Waals surface area contributed by atoms with E-state index in [9.17, 15) is 14.7 Å². The van der Waals surface area contributed by atoms with Crippen LogP contribution in [0.4, 0.5) is 17.3 Å². The van der Waals surface area contributed by atoms with Gasteiger partial charge in [-0.15, -0.1) is 0 Å². The van der Waals surface area contributed by atoms with Crippen molar-refractivity contribution >= 4 is 29.2 Å². The quantitative estimate of drug-likeness (QED) is 0.377. The number of hydrogen-bond donors (Lipinski definition) is 1. The molecular formula is C29H26N4O4. The van der Waals surface area contributed by atoms with Crippen LogP contribution in [0.25, 0.3) is 11.1 Å². The number of aromatic nitrogens is 2. The summed E-state index contributed by atoms with van der Waals surface area (Å²) in [7, 11) is 1.75. The van der Waals surface area contributed by atoms with Crippen molar-refractivity contribution in [3.63, 3.8) is 0 Å². The lowest BCUT2D eigenvalue weighted by Crippen LogP contribution is -2.25. The first-order valence-electron chi connectivity index (χ1n) is 12.0. The number of carbonyl (C=O) groups excluding carboxylic acids is 1. The highest BCUT2D eigenvalue weighted by Gasteiger charge is 2.30. The third kappa shape index (κ3) is 4.73. The molecule has 1 aliphatic rings. The first kappa shape index (κ1) is 24.0. The summed E-state index contributed by atoms with van der Waals surface area (Å²) in [6, 6.07) is 19.9. The molecule has 0 saturated carbocycles. The first-order valence-corrected chi connectivity index (χ1v) is 12.0. The minimum atomic E-state index is -0.953. The molecule has 0 bridgehead atoms. The third-order valence-corrected chi connectivity index (χ3v) is 6.37. The molecule has 1 amide bonds.